The number of hydrogen-bond donors (Lipinski definition) is 3. The van der Waals surface area contributed by atoms with E-state index in [4.69, 9.17) is 0 Å². The second-order valence-corrected chi connectivity index (χ2v) is 4.96. The minimum atomic E-state index is -0.645. The van der Waals surface area contributed by atoms with Crippen molar-refractivity contribution in [1.29, 1.82) is 0 Å². The Kier molecular flexibility index (Phi) is 3.39. The van der Waals surface area contributed by atoms with Gasteiger partial charge in [0.15, 0.2) is 0 Å². The fourth-order valence-electron chi connectivity index (χ4n) is 2.42. The molecule has 3 N–H and O–H groups in total. The van der Waals surface area contributed by atoms with E-state index in [0.717, 1.165) is 16.6 Å². The quantitative estimate of drug-likeness (QED) is 0.692. The summed E-state index contributed by atoms with van der Waals surface area (Å²) >= 11 is 0. The van der Waals surface area contributed by atoms with E-state index >= 15 is 0 Å². The number of imide groups is 1. The summed E-state index contributed by atoms with van der Waals surface area (Å²) in [4.78, 5) is 41.9. The van der Waals surface area contributed by atoms with Crippen molar-refractivity contribution in [2.75, 3.05) is 0 Å². The van der Waals surface area contributed by atoms with E-state index in [0.29, 0.717) is 6.42 Å². The van der Waals surface area contributed by atoms with Crippen LogP contribution in [0.5, 0.6) is 0 Å². The average Bonchev–Trinajstić information content (AvgIpc) is 2.91. The first kappa shape index (κ1) is 13.3. The Morgan fingerprint density at radius 3 is 3.05 bits per heavy atom. The minimum absolute atomic E-state index is 0.139. The van der Waals surface area contributed by atoms with Gasteiger partial charge in [-0.1, -0.05) is 12.1 Å². The minimum Gasteiger partial charge on any atom is -0.345 e. The first-order chi connectivity index (χ1) is 10.1. The Balaban J connectivity index is 1.68. The maximum absolute atomic E-state index is 12.1. The lowest BCUT2D eigenvalue weighted by Gasteiger charge is -2.21. The zero-order valence-corrected chi connectivity index (χ0v) is 11.2. The second kappa shape index (κ2) is 5.35. The number of aromatic nitrogens is 2. The summed E-state index contributed by atoms with van der Waals surface area (Å²) in [6.45, 7) is 0. The van der Waals surface area contributed by atoms with E-state index in [2.05, 4.69) is 20.6 Å². The molecule has 3 amide bonds. The third-order valence-corrected chi connectivity index (χ3v) is 3.46. The maximum Gasteiger partial charge on any atom is 0.249 e. The molecule has 0 radical (unpaired) electrons. The smallest absolute Gasteiger partial charge is 0.249 e. The van der Waals surface area contributed by atoms with E-state index < -0.39 is 11.9 Å². The van der Waals surface area contributed by atoms with Crippen LogP contribution in [-0.2, 0) is 20.8 Å². The third-order valence-electron chi connectivity index (χ3n) is 3.46. The first-order valence-corrected chi connectivity index (χ1v) is 6.67. The van der Waals surface area contributed by atoms with Crippen molar-refractivity contribution in [2.45, 2.75) is 25.3 Å². The summed E-state index contributed by atoms with van der Waals surface area (Å²) < 4.78 is 0. The molecule has 2 heterocycles. The monoisotopic (exact) mass is 286 g/mol. The van der Waals surface area contributed by atoms with E-state index in [1.54, 1.807) is 6.33 Å². The van der Waals surface area contributed by atoms with Crippen molar-refractivity contribution in [3.8, 4) is 0 Å². The fraction of sp³-hybridized carbons (Fsp3) is 0.286. The molecule has 7 heteroatoms. The van der Waals surface area contributed by atoms with Crippen molar-refractivity contribution in [3.05, 3.63) is 30.1 Å². The molecule has 21 heavy (non-hydrogen) atoms. The Bertz CT molecular complexity index is 722. The molecule has 0 saturated carbocycles. The predicted octanol–water partition coefficient (Wildman–Crippen LogP) is 0.0268. The largest absolute Gasteiger partial charge is 0.345 e. The van der Waals surface area contributed by atoms with Crippen LogP contribution in [0.15, 0.2) is 24.5 Å². The van der Waals surface area contributed by atoms with Crippen LogP contribution < -0.4 is 10.6 Å². The van der Waals surface area contributed by atoms with Gasteiger partial charge in [0.05, 0.1) is 23.8 Å². The van der Waals surface area contributed by atoms with Gasteiger partial charge >= 0.3 is 0 Å². The number of benzene rings is 1. The molecule has 1 atom stereocenters. The molecule has 0 spiro atoms. The molecule has 0 bridgehead atoms. The molecular formula is C14H14N4O3. The van der Waals surface area contributed by atoms with Crippen LogP contribution in [0, 0.1) is 0 Å². The van der Waals surface area contributed by atoms with Crippen LogP contribution >= 0.6 is 0 Å². The SMILES string of the molecule is O=C1CCC(NC(=O)Cc2cccc3[nH]cnc23)C(=O)N1. The Morgan fingerprint density at radius 2 is 2.24 bits per heavy atom. The van der Waals surface area contributed by atoms with Crippen LogP contribution in [0.1, 0.15) is 18.4 Å². The van der Waals surface area contributed by atoms with Gasteiger partial charge in [-0.25, -0.2) is 4.98 Å². The topological polar surface area (TPSA) is 104 Å². The second-order valence-electron chi connectivity index (χ2n) is 4.96. The van der Waals surface area contributed by atoms with Crippen molar-refractivity contribution >= 4 is 28.8 Å². The number of piperidine rings is 1. The Morgan fingerprint density at radius 1 is 1.38 bits per heavy atom. The van der Waals surface area contributed by atoms with Crippen molar-refractivity contribution < 1.29 is 14.4 Å². The number of aromatic amines is 1. The summed E-state index contributed by atoms with van der Waals surface area (Å²) in [6.07, 6.45) is 2.29. The molecule has 1 unspecified atom stereocenters. The van der Waals surface area contributed by atoms with Gasteiger partial charge in [0.1, 0.15) is 6.04 Å². The number of fused-ring (bicyclic) bond motifs is 1. The van der Waals surface area contributed by atoms with E-state index in [1.807, 2.05) is 18.2 Å². The van der Waals surface area contributed by atoms with Crippen LogP contribution in [0.25, 0.3) is 11.0 Å². The first-order valence-electron chi connectivity index (χ1n) is 6.67. The van der Waals surface area contributed by atoms with Gasteiger partial charge in [-0.3, -0.25) is 19.7 Å². The fourth-order valence-corrected chi connectivity index (χ4v) is 2.42. The van der Waals surface area contributed by atoms with E-state index in [-0.39, 0.29) is 24.7 Å². The Labute approximate surface area is 120 Å². The molecule has 1 aliphatic heterocycles. The van der Waals surface area contributed by atoms with Crippen LogP contribution in [0.2, 0.25) is 0 Å². The third kappa shape index (κ3) is 2.76. The highest BCUT2D eigenvalue weighted by Gasteiger charge is 2.27. The van der Waals surface area contributed by atoms with Gasteiger partial charge in [0, 0.05) is 6.42 Å². The number of rotatable bonds is 3. The number of carbonyl (C=O) groups is 3. The lowest BCUT2D eigenvalue weighted by Crippen LogP contribution is -2.52. The summed E-state index contributed by atoms with van der Waals surface area (Å²) in [7, 11) is 0. The predicted molar refractivity (Wildman–Crippen MR) is 74.1 cm³/mol. The van der Waals surface area contributed by atoms with Crippen LogP contribution in [0.4, 0.5) is 0 Å². The normalized spacial score (nSPS) is 18.6. The molecule has 2 aromatic rings. The summed E-state index contributed by atoms with van der Waals surface area (Å²) in [5, 5.41) is 4.87. The molecule has 7 nitrogen and oxygen atoms in total. The van der Waals surface area contributed by atoms with Gasteiger partial charge < -0.3 is 10.3 Å². The molecule has 1 aliphatic rings. The molecule has 1 saturated heterocycles. The number of carbonyl (C=O) groups excluding carboxylic acids is 3. The van der Waals surface area contributed by atoms with E-state index in [9.17, 15) is 14.4 Å². The van der Waals surface area contributed by atoms with Crippen LogP contribution in [0.3, 0.4) is 0 Å². The van der Waals surface area contributed by atoms with Gasteiger partial charge in [-0.15, -0.1) is 0 Å². The highest BCUT2D eigenvalue weighted by Crippen LogP contribution is 2.15. The molecule has 3 rings (SSSR count). The number of H-pyrrole nitrogens is 1. The Hall–Kier alpha value is -2.70. The van der Waals surface area contributed by atoms with Gasteiger partial charge in [0.2, 0.25) is 17.7 Å². The standard InChI is InChI=1S/C14H14N4O3/c19-11-5-4-10(14(21)18-11)17-12(20)6-8-2-1-3-9-13(8)16-7-15-9/h1-3,7,10H,4-6H2,(H,15,16)(H,17,20)(H,18,19,21). The van der Waals surface area contributed by atoms with Gasteiger partial charge in [-0.2, -0.15) is 0 Å². The number of nitrogens with one attached hydrogen (secondary N) is 3. The molecule has 108 valence electrons. The summed E-state index contributed by atoms with van der Waals surface area (Å²) in [5.41, 5.74) is 2.40. The van der Waals surface area contributed by atoms with Gasteiger partial charge in [0.25, 0.3) is 0 Å². The van der Waals surface area contributed by atoms with Crippen molar-refractivity contribution in [1.82, 2.24) is 20.6 Å². The molecule has 1 aromatic carbocycles. The highest BCUT2D eigenvalue weighted by atomic mass is 16.2. The lowest BCUT2D eigenvalue weighted by molar-refractivity contribution is -0.137. The van der Waals surface area contributed by atoms with Crippen molar-refractivity contribution in [2.24, 2.45) is 0 Å². The number of nitrogens with zero attached hydrogens (tertiary/aromatic N) is 1. The number of hydrogen-bond acceptors (Lipinski definition) is 4. The maximum atomic E-state index is 12.1. The average molecular weight is 286 g/mol. The van der Waals surface area contributed by atoms with Crippen molar-refractivity contribution in [3.63, 3.8) is 0 Å². The molecule has 1 fully saturated rings. The molecule has 0 aliphatic carbocycles. The number of amides is 3. The number of imidazole rings is 1. The number of para-hydroxylation sites is 1. The highest BCUT2D eigenvalue weighted by molar-refractivity contribution is 6.01. The summed E-state index contributed by atoms with van der Waals surface area (Å²) in [5.74, 6) is -1.01. The lowest BCUT2D eigenvalue weighted by atomic mass is 10.0. The zero-order chi connectivity index (χ0) is 14.8. The van der Waals surface area contributed by atoms with Crippen LogP contribution in [-0.4, -0.2) is 33.7 Å². The molecular weight excluding hydrogens is 272 g/mol. The molecule has 1 aromatic heterocycles. The van der Waals surface area contributed by atoms with Gasteiger partial charge in [-0.05, 0) is 18.1 Å². The van der Waals surface area contributed by atoms with E-state index in [1.165, 1.54) is 0 Å². The summed E-state index contributed by atoms with van der Waals surface area (Å²) in [6, 6.07) is 4.90. The zero-order valence-electron chi connectivity index (χ0n) is 11.2.